The van der Waals surface area contributed by atoms with Crippen LogP contribution in [0.1, 0.15) is 447 Å². The van der Waals surface area contributed by atoms with E-state index in [4.69, 9.17) is 37.0 Å². The number of aliphatic hydroxyl groups excluding tert-OH is 1. The second kappa shape index (κ2) is 75.1. The Morgan fingerprint density at radius 2 is 0.490 bits per heavy atom. The lowest BCUT2D eigenvalue weighted by Gasteiger charge is -2.21. The number of hydrogen-bond acceptors (Lipinski definition) is 15. The Kier molecular flexibility index (Phi) is 73.7. The van der Waals surface area contributed by atoms with Crippen LogP contribution in [0, 0.1) is 17.8 Å². The average molecular weight is 1520 g/mol. The Bertz CT molecular complexity index is 2010. The lowest BCUT2D eigenvalue weighted by molar-refractivity contribution is -0.161. The van der Waals surface area contributed by atoms with Crippen LogP contribution in [0.15, 0.2) is 0 Å². The number of hydrogen-bond donors (Lipinski definition) is 3. The summed E-state index contributed by atoms with van der Waals surface area (Å²) in [4.78, 5) is 73.2. The van der Waals surface area contributed by atoms with Crippen molar-refractivity contribution < 1.29 is 80.2 Å². The first-order valence-corrected chi connectivity index (χ1v) is 46.9. The topological polar surface area (TPSA) is 237 Å². The van der Waals surface area contributed by atoms with Gasteiger partial charge in [-0.1, -0.05) is 395 Å². The van der Waals surface area contributed by atoms with Crippen molar-refractivity contribution >= 4 is 39.5 Å². The fourth-order valence-electron chi connectivity index (χ4n) is 13.2. The minimum atomic E-state index is -4.97. The summed E-state index contributed by atoms with van der Waals surface area (Å²) in [5.41, 5.74) is 0. The van der Waals surface area contributed by atoms with E-state index >= 15 is 0 Å². The molecule has 0 saturated carbocycles. The standard InChI is InChI=1S/C85H166O17P2/c1-8-10-11-12-13-14-15-16-17-18-19-23-26-29-34-39-44-52-59-66-82(87)95-72-80(101-84(89)68-61-54-45-40-35-30-27-24-21-20-22-25-28-32-37-42-49-56-63-76(3)4)74-99-103(91,92)97-70-79(86)71-98-104(93,94)100-75-81(73-96-83(88)67-60-53-48-47-51-58-65-78(7)9-2)102-85(90)69-62-55-46-41-36-31-33-38-43-50-57-64-77(5)6/h76-81,86H,8-75H2,1-7H3,(H,91,92)(H,93,94)/t78?,79-,80-,81-/m1/s1. The molecule has 0 aliphatic carbocycles. The Morgan fingerprint density at radius 1 is 0.279 bits per heavy atom. The van der Waals surface area contributed by atoms with Gasteiger partial charge in [-0.25, -0.2) is 9.13 Å². The first-order valence-electron chi connectivity index (χ1n) is 43.9. The van der Waals surface area contributed by atoms with Crippen molar-refractivity contribution in [2.45, 2.75) is 465 Å². The summed E-state index contributed by atoms with van der Waals surface area (Å²) in [6.07, 6.45) is 65.4. The van der Waals surface area contributed by atoms with Gasteiger partial charge in [-0.3, -0.25) is 37.3 Å². The van der Waals surface area contributed by atoms with E-state index in [0.29, 0.717) is 25.7 Å². The highest BCUT2D eigenvalue weighted by Gasteiger charge is 2.30. The van der Waals surface area contributed by atoms with Crippen LogP contribution in [0.25, 0.3) is 0 Å². The monoisotopic (exact) mass is 1520 g/mol. The average Bonchev–Trinajstić information content (AvgIpc) is 0.904. The molecule has 3 unspecified atom stereocenters. The normalized spacial score (nSPS) is 14.2. The molecule has 0 aromatic rings. The molecule has 0 saturated heterocycles. The smallest absolute Gasteiger partial charge is 0.462 e. The molecule has 0 spiro atoms. The van der Waals surface area contributed by atoms with Gasteiger partial charge in [0.1, 0.15) is 19.3 Å². The van der Waals surface area contributed by atoms with Crippen LogP contribution in [0.4, 0.5) is 0 Å². The summed E-state index contributed by atoms with van der Waals surface area (Å²) in [7, 11) is -9.93. The highest BCUT2D eigenvalue weighted by atomic mass is 31.2. The summed E-state index contributed by atoms with van der Waals surface area (Å²) >= 11 is 0. The largest absolute Gasteiger partial charge is 0.472 e. The first-order chi connectivity index (χ1) is 50.3. The predicted octanol–water partition coefficient (Wildman–Crippen LogP) is 25.7. The third-order valence-electron chi connectivity index (χ3n) is 20.2. The fourth-order valence-corrected chi connectivity index (χ4v) is 14.7. The van der Waals surface area contributed by atoms with E-state index in [-0.39, 0.29) is 25.7 Å². The molecule has 0 aliphatic rings. The van der Waals surface area contributed by atoms with Crippen molar-refractivity contribution in [3.63, 3.8) is 0 Å². The Balaban J connectivity index is 5.23. The van der Waals surface area contributed by atoms with Crippen molar-refractivity contribution in [2.24, 2.45) is 17.8 Å². The number of rotatable bonds is 83. The fraction of sp³-hybridized carbons (Fsp3) is 0.953. The van der Waals surface area contributed by atoms with E-state index < -0.39 is 97.5 Å². The van der Waals surface area contributed by atoms with Gasteiger partial charge >= 0.3 is 39.5 Å². The maximum absolute atomic E-state index is 13.1. The molecule has 0 radical (unpaired) electrons. The summed E-state index contributed by atoms with van der Waals surface area (Å²) in [6.45, 7) is 12.0. The third-order valence-corrected chi connectivity index (χ3v) is 22.1. The van der Waals surface area contributed by atoms with Crippen LogP contribution in [-0.2, 0) is 65.4 Å². The molecule has 0 rings (SSSR count). The van der Waals surface area contributed by atoms with Gasteiger partial charge < -0.3 is 33.8 Å². The van der Waals surface area contributed by atoms with Crippen molar-refractivity contribution in [1.29, 1.82) is 0 Å². The van der Waals surface area contributed by atoms with Gasteiger partial charge in [-0.2, -0.15) is 0 Å². The van der Waals surface area contributed by atoms with Gasteiger partial charge in [-0.15, -0.1) is 0 Å². The first kappa shape index (κ1) is 102. The Labute approximate surface area is 638 Å². The highest BCUT2D eigenvalue weighted by Crippen LogP contribution is 2.45. The molecule has 618 valence electrons. The van der Waals surface area contributed by atoms with Crippen LogP contribution in [0.5, 0.6) is 0 Å². The molecule has 6 atom stereocenters. The van der Waals surface area contributed by atoms with Gasteiger partial charge in [0.2, 0.25) is 0 Å². The zero-order valence-electron chi connectivity index (χ0n) is 68.5. The molecule has 0 bridgehead atoms. The molecule has 0 amide bonds. The lowest BCUT2D eigenvalue weighted by Crippen LogP contribution is -2.30. The lowest BCUT2D eigenvalue weighted by atomic mass is 10.00. The molecular formula is C85H166O17P2. The van der Waals surface area contributed by atoms with Crippen LogP contribution in [0.2, 0.25) is 0 Å². The number of esters is 4. The maximum atomic E-state index is 13.1. The van der Waals surface area contributed by atoms with Crippen molar-refractivity contribution in [1.82, 2.24) is 0 Å². The van der Waals surface area contributed by atoms with E-state index in [9.17, 15) is 43.2 Å². The van der Waals surface area contributed by atoms with E-state index in [1.54, 1.807) is 0 Å². The van der Waals surface area contributed by atoms with Crippen LogP contribution in [-0.4, -0.2) is 96.7 Å². The van der Waals surface area contributed by atoms with E-state index in [1.807, 2.05) is 0 Å². The minimum Gasteiger partial charge on any atom is -0.462 e. The number of carbonyl (C=O) groups excluding carboxylic acids is 4. The van der Waals surface area contributed by atoms with Gasteiger partial charge in [-0.05, 0) is 43.4 Å². The molecular weight excluding hydrogens is 1350 g/mol. The second-order valence-electron chi connectivity index (χ2n) is 31.8. The quantitative estimate of drug-likeness (QED) is 0.0222. The molecule has 0 heterocycles. The molecule has 0 aromatic carbocycles. The zero-order valence-corrected chi connectivity index (χ0v) is 70.3. The summed E-state index contributed by atoms with van der Waals surface area (Å²) < 4.78 is 68.8. The maximum Gasteiger partial charge on any atom is 0.472 e. The number of carbonyl (C=O) groups is 4. The van der Waals surface area contributed by atoms with Crippen molar-refractivity contribution in [3.8, 4) is 0 Å². The van der Waals surface area contributed by atoms with Gasteiger partial charge in [0, 0.05) is 25.7 Å². The predicted molar refractivity (Wildman–Crippen MR) is 428 cm³/mol. The van der Waals surface area contributed by atoms with Gasteiger partial charge in [0.15, 0.2) is 12.2 Å². The molecule has 0 fully saturated rings. The number of unbranched alkanes of at least 4 members (excludes halogenated alkanes) is 50. The summed E-state index contributed by atoms with van der Waals surface area (Å²) in [5, 5.41) is 10.7. The molecule has 17 nitrogen and oxygen atoms in total. The Hall–Kier alpha value is -1.94. The molecule has 3 N–H and O–H groups in total. The molecule has 0 aromatic heterocycles. The van der Waals surface area contributed by atoms with E-state index in [0.717, 1.165) is 114 Å². The minimum absolute atomic E-state index is 0.106. The van der Waals surface area contributed by atoms with Gasteiger partial charge in [0.05, 0.1) is 26.4 Å². The molecule has 104 heavy (non-hydrogen) atoms. The highest BCUT2D eigenvalue weighted by molar-refractivity contribution is 7.47. The van der Waals surface area contributed by atoms with Crippen LogP contribution < -0.4 is 0 Å². The molecule has 0 aliphatic heterocycles. The van der Waals surface area contributed by atoms with E-state index in [2.05, 4.69) is 48.5 Å². The summed E-state index contributed by atoms with van der Waals surface area (Å²) in [5.74, 6) is 0.208. The number of phosphoric acid groups is 2. The van der Waals surface area contributed by atoms with E-state index in [1.165, 1.54) is 250 Å². The molecule has 19 heteroatoms. The number of ether oxygens (including phenoxy) is 4. The second-order valence-corrected chi connectivity index (χ2v) is 34.7. The number of phosphoric ester groups is 2. The SMILES string of the molecule is CCCCCCCCCCCCCCCCCCCCCC(=O)OC[C@H](COP(=O)(O)OC[C@@H](O)COP(=O)(O)OC[C@@H](COC(=O)CCCCCCCCC(C)CC)OC(=O)CCCCCCCCCCCCCC(C)C)OC(=O)CCCCCCCCCCCCCCCCCCCCC(C)C. The van der Waals surface area contributed by atoms with Crippen molar-refractivity contribution in [2.75, 3.05) is 39.6 Å². The third kappa shape index (κ3) is 76.8. The Morgan fingerprint density at radius 3 is 0.731 bits per heavy atom. The zero-order chi connectivity index (χ0) is 76.5. The van der Waals surface area contributed by atoms with Crippen LogP contribution in [0.3, 0.4) is 0 Å². The number of aliphatic hydroxyl groups is 1. The summed E-state index contributed by atoms with van der Waals surface area (Å²) in [6, 6.07) is 0. The van der Waals surface area contributed by atoms with Gasteiger partial charge in [0.25, 0.3) is 0 Å². The van der Waals surface area contributed by atoms with Crippen LogP contribution >= 0.6 is 15.6 Å². The van der Waals surface area contributed by atoms with Crippen molar-refractivity contribution in [3.05, 3.63) is 0 Å².